The van der Waals surface area contributed by atoms with E-state index >= 15 is 0 Å². The van der Waals surface area contributed by atoms with Crippen molar-refractivity contribution in [2.24, 2.45) is 0 Å². The minimum Gasteiger partial charge on any atom is -0.496 e. The Hall–Kier alpha value is -3.33. The molecular formula is C17H16ClN3O6. The topological polar surface area (TPSA) is 120 Å². The first-order valence-electron chi connectivity index (χ1n) is 7.62. The van der Waals surface area contributed by atoms with Crippen LogP contribution in [0.4, 0.5) is 5.69 Å². The Labute approximate surface area is 159 Å². The van der Waals surface area contributed by atoms with E-state index in [0.29, 0.717) is 10.6 Å². The second kappa shape index (κ2) is 8.86. The number of benzene rings is 2. The van der Waals surface area contributed by atoms with Gasteiger partial charge in [0.05, 0.1) is 17.6 Å². The Balaban J connectivity index is 1.95. The van der Waals surface area contributed by atoms with Gasteiger partial charge < -0.3 is 9.47 Å². The summed E-state index contributed by atoms with van der Waals surface area (Å²) in [6.45, 7) is 1.17. The molecule has 0 radical (unpaired) electrons. The van der Waals surface area contributed by atoms with E-state index in [9.17, 15) is 19.7 Å². The highest BCUT2D eigenvalue weighted by molar-refractivity contribution is 6.31. The maximum Gasteiger partial charge on any atom is 0.311 e. The SMILES string of the molecule is COc1ccc(Cl)cc1C(=O)NNC(=O)COc1ccc(C)cc1[N+](=O)[O-]. The molecule has 0 aliphatic rings. The summed E-state index contributed by atoms with van der Waals surface area (Å²) in [5, 5.41) is 11.3. The molecule has 2 aromatic carbocycles. The summed E-state index contributed by atoms with van der Waals surface area (Å²) in [5.74, 6) is -1.13. The predicted octanol–water partition coefficient (Wildman–Crippen LogP) is 2.41. The van der Waals surface area contributed by atoms with Gasteiger partial charge in [-0.1, -0.05) is 17.7 Å². The van der Waals surface area contributed by atoms with E-state index in [1.807, 2.05) is 0 Å². The Kier molecular flexibility index (Phi) is 6.56. The van der Waals surface area contributed by atoms with Crippen LogP contribution in [0.2, 0.25) is 5.02 Å². The van der Waals surface area contributed by atoms with E-state index in [1.165, 1.54) is 31.4 Å². The molecule has 2 aromatic rings. The first-order valence-corrected chi connectivity index (χ1v) is 8.00. The monoisotopic (exact) mass is 393 g/mol. The fraction of sp³-hybridized carbons (Fsp3) is 0.176. The van der Waals surface area contributed by atoms with Crippen LogP contribution < -0.4 is 20.3 Å². The van der Waals surface area contributed by atoms with Crippen LogP contribution in [-0.4, -0.2) is 30.5 Å². The number of amides is 2. The smallest absolute Gasteiger partial charge is 0.311 e. The number of nitrogens with zero attached hydrogens (tertiary/aromatic N) is 1. The molecule has 0 aromatic heterocycles. The van der Waals surface area contributed by atoms with Crippen molar-refractivity contribution in [2.45, 2.75) is 6.92 Å². The van der Waals surface area contributed by atoms with Gasteiger partial charge in [-0.3, -0.25) is 30.6 Å². The van der Waals surface area contributed by atoms with Gasteiger partial charge in [0, 0.05) is 11.1 Å². The van der Waals surface area contributed by atoms with Crippen molar-refractivity contribution in [1.29, 1.82) is 0 Å². The number of nitro benzene ring substituents is 1. The van der Waals surface area contributed by atoms with Crippen molar-refractivity contribution in [3.05, 3.63) is 62.7 Å². The van der Waals surface area contributed by atoms with Gasteiger partial charge in [-0.25, -0.2) is 0 Å². The number of rotatable bonds is 6. The molecule has 2 amide bonds. The van der Waals surface area contributed by atoms with Gasteiger partial charge in [-0.15, -0.1) is 0 Å². The molecule has 0 bridgehead atoms. The maximum atomic E-state index is 12.1. The zero-order valence-corrected chi connectivity index (χ0v) is 15.2. The first kappa shape index (κ1) is 20.0. The number of carbonyl (C=O) groups excluding carboxylic acids is 2. The number of hydrazine groups is 1. The lowest BCUT2D eigenvalue weighted by molar-refractivity contribution is -0.385. The van der Waals surface area contributed by atoms with Crippen molar-refractivity contribution in [3.63, 3.8) is 0 Å². The molecule has 0 saturated carbocycles. The highest BCUT2D eigenvalue weighted by Crippen LogP contribution is 2.27. The molecular weight excluding hydrogens is 378 g/mol. The Morgan fingerprint density at radius 3 is 2.52 bits per heavy atom. The fourth-order valence-corrected chi connectivity index (χ4v) is 2.30. The lowest BCUT2D eigenvalue weighted by atomic mass is 10.2. The number of halogens is 1. The van der Waals surface area contributed by atoms with Gasteiger partial charge in [-0.2, -0.15) is 0 Å². The molecule has 2 rings (SSSR count). The third-order valence-corrected chi connectivity index (χ3v) is 3.63. The fourth-order valence-electron chi connectivity index (χ4n) is 2.12. The Morgan fingerprint density at radius 2 is 1.85 bits per heavy atom. The van der Waals surface area contributed by atoms with E-state index in [2.05, 4.69) is 10.9 Å². The molecule has 0 aliphatic carbocycles. The van der Waals surface area contributed by atoms with Crippen LogP contribution in [0, 0.1) is 17.0 Å². The Bertz CT molecular complexity index is 887. The van der Waals surface area contributed by atoms with Crippen LogP contribution in [0.1, 0.15) is 15.9 Å². The molecule has 0 unspecified atom stereocenters. The first-order chi connectivity index (χ1) is 12.8. The van der Waals surface area contributed by atoms with E-state index in [1.54, 1.807) is 19.1 Å². The average molecular weight is 394 g/mol. The van der Waals surface area contributed by atoms with Crippen molar-refractivity contribution in [1.82, 2.24) is 10.9 Å². The molecule has 9 nitrogen and oxygen atoms in total. The molecule has 27 heavy (non-hydrogen) atoms. The molecule has 0 spiro atoms. The maximum absolute atomic E-state index is 12.1. The van der Waals surface area contributed by atoms with Gasteiger partial charge >= 0.3 is 5.69 Å². The zero-order valence-electron chi connectivity index (χ0n) is 14.4. The summed E-state index contributed by atoms with van der Waals surface area (Å²) in [6.07, 6.45) is 0. The van der Waals surface area contributed by atoms with Crippen LogP contribution in [-0.2, 0) is 4.79 Å². The predicted molar refractivity (Wildman–Crippen MR) is 96.9 cm³/mol. The quantitative estimate of drug-likeness (QED) is 0.574. The van der Waals surface area contributed by atoms with Crippen molar-refractivity contribution >= 4 is 29.1 Å². The summed E-state index contributed by atoms with van der Waals surface area (Å²) in [7, 11) is 1.39. The van der Waals surface area contributed by atoms with Gasteiger partial charge in [0.25, 0.3) is 11.8 Å². The standard InChI is InChI=1S/C17H16ClN3O6/c1-10-3-5-15(13(7-10)21(24)25)27-9-16(22)19-20-17(23)12-8-11(18)4-6-14(12)26-2/h3-8H,9H2,1-2H3,(H,19,22)(H,20,23). The lowest BCUT2D eigenvalue weighted by Gasteiger charge is -2.11. The number of carbonyl (C=O) groups is 2. The van der Waals surface area contributed by atoms with Crippen molar-refractivity contribution in [3.8, 4) is 11.5 Å². The summed E-state index contributed by atoms with van der Waals surface area (Å²) in [6, 6.07) is 8.80. The molecule has 0 atom stereocenters. The van der Waals surface area contributed by atoms with Gasteiger partial charge in [0.15, 0.2) is 12.4 Å². The van der Waals surface area contributed by atoms with Crippen LogP contribution in [0.3, 0.4) is 0 Å². The van der Waals surface area contributed by atoms with E-state index in [4.69, 9.17) is 21.1 Å². The molecule has 10 heteroatoms. The molecule has 0 saturated heterocycles. The van der Waals surface area contributed by atoms with Gasteiger partial charge in [-0.05, 0) is 36.8 Å². The largest absolute Gasteiger partial charge is 0.496 e. The number of aryl methyl sites for hydroxylation is 1. The lowest BCUT2D eigenvalue weighted by Crippen LogP contribution is -2.43. The summed E-state index contributed by atoms with van der Waals surface area (Å²) in [5.41, 5.74) is 4.90. The highest BCUT2D eigenvalue weighted by atomic mass is 35.5. The molecule has 142 valence electrons. The van der Waals surface area contributed by atoms with Crippen molar-refractivity contribution < 1.29 is 24.0 Å². The summed E-state index contributed by atoms with van der Waals surface area (Å²) < 4.78 is 10.2. The minimum atomic E-state index is -0.709. The van der Waals surface area contributed by atoms with Gasteiger partial charge in [0.2, 0.25) is 0 Å². The molecule has 0 heterocycles. The third-order valence-electron chi connectivity index (χ3n) is 3.39. The summed E-state index contributed by atoms with van der Waals surface area (Å²) in [4.78, 5) is 34.4. The number of ether oxygens (including phenoxy) is 2. The van der Waals surface area contributed by atoms with Crippen LogP contribution in [0.5, 0.6) is 11.5 Å². The van der Waals surface area contributed by atoms with Crippen LogP contribution >= 0.6 is 11.6 Å². The molecule has 0 fully saturated rings. The van der Waals surface area contributed by atoms with Crippen LogP contribution in [0.25, 0.3) is 0 Å². The third kappa shape index (κ3) is 5.32. The van der Waals surface area contributed by atoms with E-state index < -0.39 is 23.3 Å². The normalized spacial score (nSPS) is 10.0. The number of nitro groups is 1. The second-order valence-corrected chi connectivity index (χ2v) is 5.80. The zero-order chi connectivity index (χ0) is 20.0. The number of methoxy groups -OCH3 is 1. The number of hydrogen-bond acceptors (Lipinski definition) is 6. The average Bonchev–Trinajstić information content (AvgIpc) is 2.64. The second-order valence-electron chi connectivity index (χ2n) is 5.36. The van der Waals surface area contributed by atoms with Crippen molar-refractivity contribution in [2.75, 3.05) is 13.7 Å². The molecule has 0 aliphatic heterocycles. The van der Waals surface area contributed by atoms with Crippen LogP contribution in [0.15, 0.2) is 36.4 Å². The summed E-state index contributed by atoms with van der Waals surface area (Å²) >= 11 is 5.85. The Morgan fingerprint density at radius 1 is 1.15 bits per heavy atom. The number of hydrogen-bond donors (Lipinski definition) is 2. The van der Waals surface area contributed by atoms with Gasteiger partial charge in [0.1, 0.15) is 5.75 Å². The van der Waals surface area contributed by atoms with E-state index in [-0.39, 0.29) is 22.7 Å². The van der Waals surface area contributed by atoms with E-state index in [0.717, 1.165) is 0 Å². The number of nitrogens with one attached hydrogen (secondary N) is 2. The molecule has 2 N–H and O–H groups in total. The minimum absolute atomic E-state index is 0.0522. The highest BCUT2D eigenvalue weighted by Gasteiger charge is 2.17.